The molecule has 1 heterocycles. The number of quaternary nitrogens is 1. The third-order valence-corrected chi connectivity index (χ3v) is 5.52. The minimum absolute atomic E-state index is 0.139. The van der Waals surface area contributed by atoms with Crippen molar-refractivity contribution in [1.82, 2.24) is 4.90 Å². The Balaban J connectivity index is 1.56. The van der Waals surface area contributed by atoms with E-state index in [1.54, 1.807) is 12.0 Å². The van der Waals surface area contributed by atoms with Crippen molar-refractivity contribution in [3.8, 4) is 5.75 Å². The van der Waals surface area contributed by atoms with E-state index in [1.807, 2.05) is 29.2 Å². The Labute approximate surface area is 139 Å². The van der Waals surface area contributed by atoms with Crippen LogP contribution in [0.1, 0.15) is 43.0 Å². The van der Waals surface area contributed by atoms with E-state index in [4.69, 9.17) is 4.74 Å². The van der Waals surface area contributed by atoms with Gasteiger partial charge in [-0.15, -0.1) is 0 Å². The molecule has 1 aliphatic heterocycles. The monoisotopic (exact) mass is 317 g/mol. The van der Waals surface area contributed by atoms with Crippen molar-refractivity contribution in [2.45, 2.75) is 38.6 Å². The molecular weight excluding hydrogens is 288 g/mol. The second-order valence-corrected chi connectivity index (χ2v) is 7.15. The average molecular weight is 317 g/mol. The first-order valence-corrected chi connectivity index (χ1v) is 8.95. The van der Waals surface area contributed by atoms with Crippen LogP contribution >= 0.6 is 0 Å². The zero-order chi connectivity index (χ0) is 16.2. The van der Waals surface area contributed by atoms with Crippen molar-refractivity contribution in [3.63, 3.8) is 0 Å². The van der Waals surface area contributed by atoms with E-state index < -0.39 is 0 Å². The van der Waals surface area contributed by atoms with Crippen LogP contribution in [0.2, 0.25) is 0 Å². The summed E-state index contributed by atoms with van der Waals surface area (Å²) in [5.41, 5.74) is 0.735. The molecule has 4 heteroatoms. The van der Waals surface area contributed by atoms with E-state index in [9.17, 15) is 4.79 Å². The normalized spacial score (nSPS) is 26.1. The van der Waals surface area contributed by atoms with Gasteiger partial charge in [-0.25, -0.2) is 0 Å². The summed E-state index contributed by atoms with van der Waals surface area (Å²) in [5, 5.41) is 0. The van der Waals surface area contributed by atoms with Crippen LogP contribution < -0.4 is 9.64 Å². The smallest absolute Gasteiger partial charge is 0.254 e. The second kappa shape index (κ2) is 7.35. The van der Waals surface area contributed by atoms with Crippen molar-refractivity contribution in [3.05, 3.63) is 29.8 Å². The van der Waals surface area contributed by atoms with Crippen LogP contribution in [-0.4, -0.2) is 50.1 Å². The predicted octanol–water partition coefficient (Wildman–Crippen LogP) is 1.61. The Hall–Kier alpha value is -1.55. The summed E-state index contributed by atoms with van der Waals surface area (Å²) in [4.78, 5) is 16.4. The summed E-state index contributed by atoms with van der Waals surface area (Å²) in [6.07, 6.45) is 5.49. The number of carbonyl (C=O) groups excluding carboxylic acids is 1. The second-order valence-electron chi connectivity index (χ2n) is 7.15. The molecule has 1 amide bonds. The summed E-state index contributed by atoms with van der Waals surface area (Å²) in [6.45, 7) is 6.31. The van der Waals surface area contributed by atoms with Gasteiger partial charge in [0.2, 0.25) is 0 Å². The van der Waals surface area contributed by atoms with E-state index in [2.05, 4.69) is 6.92 Å². The minimum atomic E-state index is 0.139. The van der Waals surface area contributed by atoms with Crippen molar-refractivity contribution in [2.75, 3.05) is 33.3 Å². The molecule has 0 spiro atoms. The van der Waals surface area contributed by atoms with E-state index in [0.29, 0.717) is 0 Å². The molecule has 0 unspecified atom stereocenters. The van der Waals surface area contributed by atoms with Gasteiger partial charge in [0.25, 0.3) is 5.91 Å². The molecule has 1 aromatic carbocycles. The van der Waals surface area contributed by atoms with Gasteiger partial charge in [-0.2, -0.15) is 0 Å². The molecule has 0 radical (unpaired) electrons. The fourth-order valence-corrected chi connectivity index (χ4v) is 4.15. The molecule has 0 aromatic heterocycles. The third-order valence-electron chi connectivity index (χ3n) is 5.52. The maximum Gasteiger partial charge on any atom is 0.254 e. The number of hydrogen-bond donors (Lipinski definition) is 1. The standard InChI is InChI=1S/C19H28N2O2/c1-15-5-3-7-17(13-15)20-9-11-21(12-10-20)19(22)16-6-4-8-18(14-16)23-2/h4,6,8,14-15,17H,3,5,7,9-13H2,1-2H3/p+1/t15-,17+/m1/s1. The predicted molar refractivity (Wildman–Crippen MR) is 91.0 cm³/mol. The van der Waals surface area contributed by atoms with Crippen molar-refractivity contribution in [2.24, 2.45) is 5.92 Å². The number of nitrogens with one attached hydrogen (secondary N) is 1. The Morgan fingerprint density at radius 1 is 1.26 bits per heavy atom. The van der Waals surface area contributed by atoms with Crippen LogP contribution in [0.4, 0.5) is 0 Å². The molecule has 2 atom stereocenters. The lowest BCUT2D eigenvalue weighted by molar-refractivity contribution is -0.930. The van der Waals surface area contributed by atoms with Crippen molar-refractivity contribution >= 4 is 5.91 Å². The highest BCUT2D eigenvalue weighted by Gasteiger charge is 2.32. The first kappa shape index (κ1) is 16.3. The molecule has 1 N–H and O–H groups in total. The van der Waals surface area contributed by atoms with Gasteiger partial charge < -0.3 is 14.5 Å². The number of ether oxygens (including phenoxy) is 1. The zero-order valence-electron chi connectivity index (χ0n) is 14.4. The van der Waals surface area contributed by atoms with Crippen molar-refractivity contribution in [1.29, 1.82) is 0 Å². The number of nitrogens with zero attached hydrogens (tertiary/aromatic N) is 1. The number of piperazine rings is 1. The first-order chi connectivity index (χ1) is 11.2. The quantitative estimate of drug-likeness (QED) is 0.919. The van der Waals surface area contributed by atoms with Gasteiger partial charge >= 0.3 is 0 Å². The SMILES string of the molecule is COc1cccc(C(=O)N2CC[NH+]([C@H]3CCC[C@@H](C)C3)CC2)c1. The van der Waals surface area contributed by atoms with Crippen LogP contribution in [0.25, 0.3) is 0 Å². The maximum absolute atomic E-state index is 12.7. The van der Waals surface area contributed by atoms with Gasteiger partial charge in [0.05, 0.1) is 39.3 Å². The lowest BCUT2D eigenvalue weighted by Crippen LogP contribution is -3.18. The molecule has 1 aromatic rings. The average Bonchev–Trinajstić information content (AvgIpc) is 2.61. The van der Waals surface area contributed by atoms with E-state index in [1.165, 1.54) is 25.7 Å². The summed E-state index contributed by atoms with van der Waals surface area (Å²) in [6, 6.07) is 8.30. The van der Waals surface area contributed by atoms with Gasteiger partial charge in [0.15, 0.2) is 0 Å². The highest BCUT2D eigenvalue weighted by Crippen LogP contribution is 2.22. The van der Waals surface area contributed by atoms with E-state index in [-0.39, 0.29) is 5.91 Å². The number of methoxy groups -OCH3 is 1. The Kier molecular flexibility index (Phi) is 5.21. The Morgan fingerprint density at radius 3 is 2.74 bits per heavy atom. The summed E-state index contributed by atoms with van der Waals surface area (Å²) >= 11 is 0. The molecule has 1 aliphatic carbocycles. The largest absolute Gasteiger partial charge is 0.497 e. The fourth-order valence-electron chi connectivity index (χ4n) is 4.15. The molecule has 0 bridgehead atoms. The number of amides is 1. The lowest BCUT2D eigenvalue weighted by atomic mass is 9.86. The lowest BCUT2D eigenvalue weighted by Gasteiger charge is -2.39. The third kappa shape index (κ3) is 3.86. The summed E-state index contributed by atoms with van der Waals surface area (Å²) in [5.74, 6) is 1.76. The van der Waals surface area contributed by atoms with Crippen LogP contribution in [-0.2, 0) is 0 Å². The summed E-state index contributed by atoms with van der Waals surface area (Å²) in [7, 11) is 1.64. The fraction of sp³-hybridized carbons (Fsp3) is 0.632. The topological polar surface area (TPSA) is 34.0 Å². The number of rotatable bonds is 3. The molecule has 2 fully saturated rings. The number of carbonyl (C=O) groups is 1. The maximum atomic E-state index is 12.7. The zero-order valence-corrected chi connectivity index (χ0v) is 14.4. The molecule has 3 rings (SSSR count). The first-order valence-electron chi connectivity index (χ1n) is 8.95. The Bertz CT molecular complexity index is 538. The number of hydrogen-bond acceptors (Lipinski definition) is 2. The molecule has 2 aliphatic rings. The minimum Gasteiger partial charge on any atom is -0.497 e. The van der Waals surface area contributed by atoms with Crippen LogP contribution in [0.3, 0.4) is 0 Å². The number of benzene rings is 1. The Morgan fingerprint density at radius 2 is 2.04 bits per heavy atom. The van der Waals surface area contributed by atoms with Crippen LogP contribution in [0.5, 0.6) is 5.75 Å². The molecule has 4 nitrogen and oxygen atoms in total. The van der Waals surface area contributed by atoms with Gasteiger partial charge in [0.1, 0.15) is 5.75 Å². The molecular formula is C19H29N2O2+. The van der Waals surface area contributed by atoms with E-state index >= 15 is 0 Å². The summed E-state index contributed by atoms with van der Waals surface area (Å²) < 4.78 is 5.22. The van der Waals surface area contributed by atoms with Crippen molar-refractivity contribution < 1.29 is 14.4 Å². The van der Waals surface area contributed by atoms with Gasteiger partial charge in [0, 0.05) is 12.0 Å². The van der Waals surface area contributed by atoms with Gasteiger partial charge in [-0.1, -0.05) is 19.4 Å². The van der Waals surface area contributed by atoms with Gasteiger partial charge in [-0.3, -0.25) is 4.79 Å². The van der Waals surface area contributed by atoms with Gasteiger partial charge in [-0.05, 0) is 37.0 Å². The molecule has 23 heavy (non-hydrogen) atoms. The molecule has 1 saturated carbocycles. The van der Waals surface area contributed by atoms with Crippen LogP contribution in [0.15, 0.2) is 24.3 Å². The van der Waals surface area contributed by atoms with Crippen LogP contribution in [0, 0.1) is 5.92 Å². The highest BCUT2D eigenvalue weighted by molar-refractivity contribution is 5.94. The molecule has 126 valence electrons. The molecule has 1 saturated heterocycles. The van der Waals surface area contributed by atoms with E-state index in [0.717, 1.165) is 49.5 Å². The highest BCUT2D eigenvalue weighted by atomic mass is 16.5.